The molecule has 2 rings (SSSR count). The lowest BCUT2D eigenvalue weighted by Gasteiger charge is -2.12. The van der Waals surface area contributed by atoms with Gasteiger partial charge in [-0.3, -0.25) is 5.43 Å². The van der Waals surface area contributed by atoms with Gasteiger partial charge in [0.1, 0.15) is 5.75 Å². The van der Waals surface area contributed by atoms with Gasteiger partial charge in [0.2, 0.25) is 0 Å². The molecule has 0 unspecified atom stereocenters. The summed E-state index contributed by atoms with van der Waals surface area (Å²) in [5.41, 5.74) is 7.87. The van der Waals surface area contributed by atoms with E-state index in [0.717, 1.165) is 22.5 Å². The van der Waals surface area contributed by atoms with Crippen molar-refractivity contribution in [1.82, 2.24) is 5.43 Å². The number of hydrogen-bond donors (Lipinski definition) is 3. The van der Waals surface area contributed by atoms with Crippen LogP contribution in [0.3, 0.4) is 0 Å². The van der Waals surface area contributed by atoms with Gasteiger partial charge in [0, 0.05) is 5.69 Å². The van der Waals surface area contributed by atoms with Crippen LogP contribution in [0.4, 0.5) is 5.69 Å². The number of nitrogens with one attached hydrogen (secondary N) is 2. The normalized spacial score (nSPS) is 11.1. The maximum absolute atomic E-state index is 9.28. The van der Waals surface area contributed by atoms with Crippen LogP contribution in [-0.4, -0.2) is 15.9 Å². The van der Waals surface area contributed by atoms with Crippen molar-refractivity contribution in [2.45, 2.75) is 20.8 Å². The lowest BCUT2D eigenvalue weighted by atomic mass is 10.1. The molecule has 0 aliphatic carbocycles. The molecular weight excluding hydrogens is 294 g/mol. The predicted octanol–water partition coefficient (Wildman–Crippen LogP) is 3.72. The number of hydrogen-bond acceptors (Lipinski definition) is 3. The van der Waals surface area contributed by atoms with Crippen LogP contribution in [0.25, 0.3) is 0 Å². The first-order valence-electron chi connectivity index (χ1n) is 6.94. The van der Waals surface area contributed by atoms with Gasteiger partial charge >= 0.3 is 0 Å². The van der Waals surface area contributed by atoms with E-state index in [1.807, 2.05) is 26.0 Å². The van der Waals surface area contributed by atoms with Gasteiger partial charge in [0.25, 0.3) is 0 Å². The van der Waals surface area contributed by atoms with E-state index in [2.05, 4.69) is 28.8 Å². The van der Waals surface area contributed by atoms with Crippen molar-refractivity contribution in [3.63, 3.8) is 0 Å². The van der Waals surface area contributed by atoms with Gasteiger partial charge in [-0.05, 0) is 80.0 Å². The molecule has 0 saturated heterocycles. The van der Waals surface area contributed by atoms with Crippen molar-refractivity contribution >= 4 is 28.7 Å². The van der Waals surface area contributed by atoms with E-state index in [9.17, 15) is 5.11 Å². The van der Waals surface area contributed by atoms with Gasteiger partial charge in [0.05, 0.1) is 5.71 Å². The van der Waals surface area contributed by atoms with Gasteiger partial charge in [-0.15, -0.1) is 0 Å². The maximum Gasteiger partial charge on any atom is 0.191 e. The summed E-state index contributed by atoms with van der Waals surface area (Å²) < 4.78 is 0. The summed E-state index contributed by atoms with van der Waals surface area (Å²) >= 11 is 5.26. The largest absolute Gasteiger partial charge is 0.508 e. The Morgan fingerprint density at radius 2 is 1.77 bits per heavy atom. The highest BCUT2D eigenvalue weighted by Crippen LogP contribution is 2.17. The first-order valence-corrected chi connectivity index (χ1v) is 7.35. The van der Waals surface area contributed by atoms with Crippen LogP contribution in [0.15, 0.2) is 47.6 Å². The summed E-state index contributed by atoms with van der Waals surface area (Å²) in [6, 6.07) is 12.9. The number of anilines is 1. The molecule has 5 heteroatoms. The highest BCUT2D eigenvalue weighted by Gasteiger charge is 2.03. The number of aromatic hydroxyl groups is 1. The second-order valence-corrected chi connectivity index (χ2v) is 5.47. The molecule has 0 aliphatic heterocycles. The first-order chi connectivity index (χ1) is 10.5. The van der Waals surface area contributed by atoms with Crippen molar-refractivity contribution in [1.29, 1.82) is 0 Å². The van der Waals surface area contributed by atoms with Crippen LogP contribution >= 0.6 is 12.2 Å². The molecule has 0 bridgehead atoms. The van der Waals surface area contributed by atoms with Gasteiger partial charge in [-0.1, -0.05) is 12.1 Å². The van der Waals surface area contributed by atoms with E-state index in [-0.39, 0.29) is 5.75 Å². The number of hydrazone groups is 1. The summed E-state index contributed by atoms with van der Waals surface area (Å²) in [6.45, 7) is 5.98. The summed E-state index contributed by atoms with van der Waals surface area (Å²) in [6.07, 6.45) is 0. The van der Waals surface area contributed by atoms with Crippen LogP contribution in [0.2, 0.25) is 0 Å². The molecule has 0 saturated carbocycles. The van der Waals surface area contributed by atoms with E-state index < -0.39 is 0 Å². The Labute approximate surface area is 135 Å². The Morgan fingerprint density at radius 3 is 2.45 bits per heavy atom. The number of aryl methyl sites for hydroxylation is 1. The molecule has 0 aliphatic rings. The summed E-state index contributed by atoms with van der Waals surface area (Å²) in [5.74, 6) is 0.233. The zero-order chi connectivity index (χ0) is 16.1. The summed E-state index contributed by atoms with van der Waals surface area (Å²) in [5, 5.41) is 17.1. The number of thiocarbonyl (C=S) groups is 1. The van der Waals surface area contributed by atoms with E-state index in [1.54, 1.807) is 24.3 Å². The lowest BCUT2D eigenvalue weighted by molar-refractivity contribution is 0.475. The number of nitrogens with zero attached hydrogens (tertiary/aromatic N) is 1. The molecule has 4 nitrogen and oxygen atoms in total. The minimum Gasteiger partial charge on any atom is -0.508 e. The molecule has 2 aromatic carbocycles. The number of phenolic OH excluding ortho intramolecular Hbond substituents is 1. The van der Waals surface area contributed by atoms with Crippen molar-refractivity contribution in [3.05, 3.63) is 59.2 Å². The third kappa shape index (κ3) is 4.05. The monoisotopic (exact) mass is 313 g/mol. The van der Waals surface area contributed by atoms with Crippen molar-refractivity contribution in [2.75, 3.05) is 5.32 Å². The zero-order valence-corrected chi connectivity index (χ0v) is 13.7. The molecule has 0 amide bonds. The standard InChI is InChI=1S/C17H19N3OS/c1-11-5-4-6-16(12(11)2)18-17(22)20-19-13(3)14-7-9-15(21)10-8-14/h4-10,21H,1-3H3,(H2,18,20,22)/b19-13+. The maximum atomic E-state index is 9.28. The van der Waals surface area contributed by atoms with E-state index in [4.69, 9.17) is 12.2 Å². The molecule has 0 radical (unpaired) electrons. The predicted molar refractivity (Wildman–Crippen MR) is 95.6 cm³/mol. The van der Waals surface area contributed by atoms with Gasteiger partial charge in [-0.2, -0.15) is 5.10 Å². The average Bonchev–Trinajstić information content (AvgIpc) is 2.50. The van der Waals surface area contributed by atoms with Crippen LogP contribution < -0.4 is 10.7 Å². The Kier molecular flexibility index (Phi) is 5.12. The van der Waals surface area contributed by atoms with Crippen molar-refractivity contribution in [3.8, 4) is 5.75 Å². The third-order valence-corrected chi connectivity index (χ3v) is 3.66. The fourth-order valence-electron chi connectivity index (χ4n) is 1.94. The molecule has 114 valence electrons. The molecule has 0 aromatic heterocycles. The van der Waals surface area contributed by atoms with Crippen LogP contribution in [0.5, 0.6) is 5.75 Å². The molecule has 0 atom stereocenters. The Morgan fingerprint density at radius 1 is 1.09 bits per heavy atom. The fourth-order valence-corrected chi connectivity index (χ4v) is 2.09. The van der Waals surface area contributed by atoms with Crippen molar-refractivity contribution in [2.24, 2.45) is 5.10 Å². The van der Waals surface area contributed by atoms with E-state index in [0.29, 0.717) is 5.11 Å². The third-order valence-electron chi connectivity index (χ3n) is 3.46. The molecule has 2 aromatic rings. The van der Waals surface area contributed by atoms with Crippen LogP contribution in [0.1, 0.15) is 23.6 Å². The van der Waals surface area contributed by atoms with Gasteiger partial charge < -0.3 is 10.4 Å². The second-order valence-electron chi connectivity index (χ2n) is 5.06. The Bertz CT molecular complexity index is 708. The second kappa shape index (κ2) is 7.04. The SMILES string of the molecule is C/C(=N\NC(=S)Nc1cccc(C)c1C)c1ccc(O)cc1. The van der Waals surface area contributed by atoms with Crippen LogP contribution in [0, 0.1) is 13.8 Å². The highest BCUT2D eigenvalue weighted by molar-refractivity contribution is 7.80. The lowest BCUT2D eigenvalue weighted by Crippen LogP contribution is -2.25. The van der Waals surface area contributed by atoms with Crippen LogP contribution in [-0.2, 0) is 0 Å². The van der Waals surface area contributed by atoms with Gasteiger partial charge in [-0.25, -0.2) is 0 Å². The Balaban J connectivity index is 2.01. The Hall–Kier alpha value is -2.40. The first kappa shape index (κ1) is 16.0. The fraction of sp³-hybridized carbons (Fsp3) is 0.176. The molecule has 0 spiro atoms. The summed E-state index contributed by atoms with van der Waals surface area (Å²) in [4.78, 5) is 0. The minimum atomic E-state index is 0.233. The highest BCUT2D eigenvalue weighted by atomic mass is 32.1. The molecule has 3 N–H and O–H groups in total. The smallest absolute Gasteiger partial charge is 0.191 e. The molecular formula is C17H19N3OS. The van der Waals surface area contributed by atoms with Gasteiger partial charge in [0.15, 0.2) is 5.11 Å². The quantitative estimate of drug-likeness (QED) is 0.459. The minimum absolute atomic E-state index is 0.233. The van der Waals surface area contributed by atoms with E-state index >= 15 is 0 Å². The average molecular weight is 313 g/mol. The van der Waals surface area contributed by atoms with E-state index in [1.165, 1.54) is 5.56 Å². The number of benzene rings is 2. The topological polar surface area (TPSA) is 56.7 Å². The number of phenols is 1. The molecule has 22 heavy (non-hydrogen) atoms. The number of rotatable bonds is 3. The molecule has 0 heterocycles. The van der Waals surface area contributed by atoms with Crippen molar-refractivity contribution < 1.29 is 5.11 Å². The molecule has 0 fully saturated rings. The summed E-state index contributed by atoms with van der Waals surface area (Å²) in [7, 11) is 0. The zero-order valence-electron chi connectivity index (χ0n) is 12.8.